The van der Waals surface area contributed by atoms with Gasteiger partial charge in [0.1, 0.15) is 11.3 Å². The van der Waals surface area contributed by atoms with E-state index in [1.807, 2.05) is 6.07 Å². The lowest BCUT2D eigenvalue weighted by atomic mass is 10.1. The van der Waals surface area contributed by atoms with Gasteiger partial charge in [0.25, 0.3) is 0 Å². The molecule has 10 heteroatoms. The number of ether oxygens (including phenoxy) is 2. The van der Waals surface area contributed by atoms with E-state index in [2.05, 4.69) is 19.5 Å². The Kier molecular flexibility index (Phi) is 6.52. The SMILES string of the molecule is COC(=O)c1c[nH]c2cc(CN3CCN(c4ccc(C(F)(F)F)cc4)CC3)c(OC)cc2c1=O. The van der Waals surface area contributed by atoms with Crippen molar-refractivity contribution in [1.82, 2.24) is 9.88 Å². The Balaban J connectivity index is 1.48. The number of alkyl halides is 3. The van der Waals surface area contributed by atoms with Gasteiger partial charge in [-0.05, 0) is 36.4 Å². The number of rotatable bonds is 5. The van der Waals surface area contributed by atoms with Gasteiger partial charge >= 0.3 is 12.1 Å². The molecule has 0 radical (unpaired) electrons. The molecule has 7 nitrogen and oxygen atoms in total. The molecule has 180 valence electrons. The van der Waals surface area contributed by atoms with Gasteiger partial charge in [-0.25, -0.2) is 4.79 Å². The number of fused-ring (bicyclic) bond motifs is 1. The lowest BCUT2D eigenvalue weighted by molar-refractivity contribution is -0.137. The Hall–Kier alpha value is -3.53. The first-order chi connectivity index (χ1) is 16.2. The molecule has 0 saturated carbocycles. The third-order valence-electron chi connectivity index (χ3n) is 6.01. The number of esters is 1. The quantitative estimate of drug-likeness (QED) is 0.568. The van der Waals surface area contributed by atoms with Crippen LogP contribution in [0.5, 0.6) is 5.75 Å². The topological polar surface area (TPSA) is 74.9 Å². The van der Waals surface area contributed by atoms with E-state index in [4.69, 9.17) is 4.74 Å². The molecular formula is C24H24F3N3O4. The lowest BCUT2D eigenvalue weighted by Crippen LogP contribution is -2.46. The third-order valence-corrected chi connectivity index (χ3v) is 6.01. The maximum absolute atomic E-state index is 12.8. The number of carbonyl (C=O) groups is 1. The zero-order chi connectivity index (χ0) is 24.5. The number of pyridine rings is 1. The van der Waals surface area contributed by atoms with Crippen molar-refractivity contribution in [2.75, 3.05) is 45.3 Å². The summed E-state index contributed by atoms with van der Waals surface area (Å²) in [6.07, 6.45) is -3.00. The molecule has 34 heavy (non-hydrogen) atoms. The fourth-order valence-electron chi connectivity index (χ4n) is 4.13. The van der Waals surface area contributed by atoms with Crippen molar-refractivity contribution in [2.45, 2.75) is 12.7 Å². The summed E-state index contributed by atoms with van der Waals surface area (Å²) in [7, 11) is 2.73. The number of aromatic nitrogens is 1. The van der Waals surface area contributed by atoms with Gasteiger partial charge in [-0.1, -0.05) is 0 Å². The maximum Gasteiger partial charge on any atom is 0.416 e. The number of piperazine rings is 1. The number of nitrogens with zero attached hydrogens (tertiary/aromatic N) is 2. The molecule has 1 saturated heterocycles. The van der Waals surface area contributed by atoms with Gasteiger partial charge in [0, 0.05) is 55.7 Å². The second-order valence-electron chi connectivity index (χ2n) is 8.04. The molecule has 2 heterocycles. The Labute approximate surface area is 193 Å². The minimum Gasteiger partial charge on any atom is -0.496 e. The molecule has 2 aromatic carbocycles. The van der Waals surface area contributed by atoms with E-state index in [0.717, 1.165) is 23.4 Å². The predicted octanol–water partition coefficient (Wildman–Crippen LogP) is 3.66. The second-order valence-corrected chi connectivity index (χ2v) is 8.04. The molecule has 1 aliphatic rings. The minimum atomic E-state index is -4.35. The summed E-state index contributed by atoms with van der Waals surface area (Å²) >= 11 is 0. The molecule has 4 rings (SSSR count). The zero-order valence-corrected chi connectivity index (χ0v) is 18.7. The number of hydrogen-bond donors (Lipinski definition) is 1. The first kappa shape index (κ1) is 23.6. The normalized spacial score (nSPS) is 14.9. The maximum atomic E-state index is 12.8. The van der Waals surface area contributed by atoms with Gasteiger partial charge in [-0.15, -0.1) is 0 Å². The van der Waals surface area contributed by atoms with Crippen molar-refractivity contribution in [3.05, 3.63) is 69.5 Å². The number of carbonyl (C=O) groups excluding carboxylic acids is 1. The second kappa shape index (κ2) is 9.38. The van der Waals surface area contributed by atoms with Crippen LogP contribution < -0.4 is 15.1 Å². The van der Waals surface area contributed by atoms with Crippen molar-refractivity contribution in [3.63, 3.8) is 0 Å². The average molecular weight is 475 g/mol. The number of H-pyrrole nitrogens is 1. The molecule has 1 aromatic heterocycles. The number of anilines is 1. The molecule has 0 bridgehead atoms. The highest BCUT2D eigenvalue weighted by molar-refractivity contribution is 5.94. The van der Waals surface area contributed by atoms with Gasteiger partial charge in [-0.2, -0.15) is 13.2 Å². The predicted molar refractivity (Wildman–Crippen MR) is 121 cm³/mol. The highest BCUT2D eigenvalue weighted by Crippen LogP contribution is 2.31. The highest BCUT2D eigenvalue weighted by Gasteiger charge is 2.30. The van der Waals surface area contributed by atoms with Gasteiger partial charge < -0.3 is 19.4 Å². The summed E-state index contributed by atoms with van der Waals surface area (Å²) < 4.78 is 48.6. The molecular weight excluding hydrogens is 451 g/mol. The first-order valence-electron chi connectivity index (χ1n) is 10.7. The number of halogens is 3. The van der Waals surface area contributed by atoms with Crippen LogP contribution in [0.3, 0.4) is 0 Å². The Morgan fingerprint density at radius 2 is 1.74 bits per heavy atom. The Bertz CT molecular complexity index is 1250. The number of benzene rings is 2. The highest BCUT2D eigenvalue weighted by atomic mass is 19.4. The Morgan fingerprint density at radius 3 is 2.32 bits per heavy atom. The molecule has 0 aliphatic carbocycles. The summed E-state index contributed by atoms with van der Waals surface area (Å²) in [6.45, 7) is 3.32. The van der Waals surface area contributed by atoms with Crippen LogP contribution in [0.2, 0.25) is 0 Å². The van der Waals surface area contributed by atoms with Crippen LogP contribution in [-0.4, -0.2) is 56.3 Å². The van der Waals surface area contributed by atoms with E-state index < -0.39 is 23.1 Å². The van der Waals surface area contributed by atoms with Crippen LogP contribution in [-0.2, 0) is 17.5 Å². The van der Waals surface area contributed by atoms with Crippen LogP contribution >= 0.6 is 0 Å². The van der Waals surface area contributed by atoms with Gasteiger partial charge in [0.15, 0.2) is 0 Å². The van der Waals surface area contributed by atoms with E-state index in [-0.39, 0.29) is 5.56 Å². The fraction of sp³-hybridized carbons (Fsp3) is 0.333. The van der Waals surface area contributed by atoms with E-state index in [1.165, 1.54) is 32.5 Å². The number of nitrogens with one attached hydrogen (secondary N) is 1. The summed E-state index contributed by atoms with van der Waals surface area (Å²) in [5.74, 6) is -0.178. The molecule has 1 aliphatic heterocycles. The summed E-state index contributed by atoms with van der Waals surface area (Å²) in [4.78, 5) is 31.8. The minimum absolute atomic E-state index is 0.0795. The van der Waals surface area contributed by atoms with Crippen molar-refractivity contribution < 1.29 is 27.4 Å². The molecule has 1 fully saturated rings. The van der Waals surface area contributed by atoms with Crippen molar-refractivity contribution in [3.8, 4) is 5.75 Å². The first-order valence-corrected chi connectivity index (χ1v) is 10.7. The summed E-state index contributed by atoms with van der Waals surface area (Å²) in [5, 5.41) is 0.329. The molecule has 0 amide bonds. The smallest absolute Gasteiger partial charge is 0.416 e. The average Bonchev–Trinajstić information content (AvgIpc) is 2.83. The number of aromatic amines is 1. The van der Waals surface area contributed by atoms with Crippen LogP contribution in [0.4, 0.5) is 18.9 Å². The van der Waals surface area contributed by atoms with Crippen LogP contribution in [0.25, 0.3) is 10.9 Å². The number of methoxy groups -OCH3 is 2. The molecule has 0 spiro atoms. The van der Waals surface area contributed by atoms with Crippen LogP contribution in [0.15, 0.2) is 47.4 Å². The van der Waals surface area contributed by atoms with Crippen molar-refractivity contribution in [1.29, 1.82) is 0 Å². The third kappa shape index (κ3) is 4.72. The van der Waals surface area contributed by atoms with Crippen molar-refractivity contribution in [2.24, 2.45) is 0 Å². The summed E-state index contributed by atoms with van der Waals surface area (Å²) in [6, 6.07) is 8.67. The standard InChI is InChI=1S/C24H24F3N3O4/c1-33-21-12-18-20(28-13-19(22(18)31)23(32)34-2)11-15(21)14-29-7-9-30(10-8-29)17-5-3-16(4-6-17)24(25,26)27/h3-6,11-13H,7-10,14H2,1-2H3,(H,28,31). The monoisotopic (exact) mass is 475 g/mol. The van der Waals surface area contributed by atoms with E-state index in [1.54, 1.807) is 6.07 Å². The summed E-state index contributed by atoms with van der Waals surface area (Å²) in [5.41, 5.74) is 1.04. The molecule has 0 atom stereocenters. The van der Waals surface area contributed by atoms with Crippen molar-refractivity contribution >= 4 is 22.6 Å². The van der Waals surface area contributed by atoms with Gasteiger partial charge in [-0.3, -0.25) is 9.69 Å². The van der Waals surface area contributed by atoms with Gasteiger partial charge in [0.2, 0.25) is 5.43 Å². The molecule has 3 aromatic rings. The van der Waals surface area contributed by atoms with Crippen LogP contribution in [0.1, 0.15) is 21.5 Å². The lowest BCUT2D eigenvalue weighted by Gasteiger charge is -2.36. The molecule has 0 unspecified atom stereocenters. The van der Waals surface area contributed by atoms with Crippen LogP contribution in [0, 0.1) is 0 Å². The molecule has 1 N–H and O–H groups in total. The number of hydrogen-bond acceptors (Lipinski definition) is 6. The largest absolute Gasteiger partial charge is 0.496 e. The Morgan fingerprint density at radius 1 is 1.06 bits per heavy atom. The fourth-order valence-corrected chi connectivity index (χ4v) is 4.13. The zero-order valence-electron chi connectivity index (χ0n) is 18.7. The van der Waals surface area contributed by atoms with E-state index in [9.17, 15) is 22.8 Å². The van der Waals surface area contributed by atoms with Gasteiger partial charge in [0.05, 0.1) is 25.2 Å². The van der Waals surface area contributed by atoms with E-state index >= 15 is 0 Å². The van der Waals surface area contributed by atoms with E-state index in [0.29, 0.717) is 49.4 Å².